The van der Waals surface area contributed by atoms with E-state index in [2.05, 4.69) is 20.5 Å². The first-order valence-electron chi connectivity index (χ1n) is 5.58. The lowest BCUT2D eigenvalue weighted by Gasteiger charge is -1.99. The quantitative estimate of drug-likeness (QED) is 0.762. The standard InChI is InChI=1S/C12H10N4O2S/c17-12(8-3-4-18-7-8)13-6-10-14-11(16-15-10)9-2-1-5-19-9/h1-5,7H,6H2,(H,13,17)(H,14,15,16). The highest BCUT2D eigenvalue weighted by Gasteiger charge is 2.09. The van der Waals surface area contributed by atoms with Crippen molar-refractivity contribution >= 4 is 17.2 Å². The van der Waals surface area contributed by atoms with Crippen LogP contribution in [0, 0.1) is 0 Å². The number of furan rings is 1. The summed E-state index contributed by atoms with van der Waals surface area (Å²) < 4.78 is 4.85. The van der Waals surface area contributed by atoms with Gasteiger partial charge >= 0.3 is 0 Å². The first-order chi connectivity index (χ1) is 9.33. The van der Waals surface area contributed by atoms with E-state index in [0.29, 0.717) is 23.8 Å². The number of amides is 1. The highest BCUT2D eigenvalue weighted by Crippen LogP contribution is 2.20. The van der Waals surface area contributed by atoms with Gasteiger partial charge in [0.05, 0.1) is 23.2 Å². The molecule has 0 aliphatic heterocycles. The van der Waals surface area contributed by atoms with Crippen LogP contribution in [0.3, 0.4) is 0 Å². The Hall–Kier alpha value is -2.41. The monoisotopic (exact) mass is 274 g/mol. The molecule has 0 aliphatic rings. The van der Waals surface area contributed by atoms with Crippen molar-refractivity contribution in [2.45, 2.75) is 6.54 Å². The number of H-pyrrole nitrogens is 1. The number of hydrogen-bond donors (Lipinski definition) is 2. The summed E-state index contributed by atoms with van der Waals surface area (Å²) in [6.07, 6.45) is 2.85. The molecule has 3 aromatic rings. The molecule has 0 aliphatic carbocycles. The van der Waals surface area contributed by atoms with Gasteiger partial charge < -0.3 is 9.73 Å². The molecule has 0 unspecified atom stereocenters. The number of aromatic nitrogens is 3. The molecule has 0 radical (unpaired) electrons. The van der Waals surface area contributed by atoms with E-state index in [1.807, 2.05) is 17.5 Å². The number of hydrogen-bond acceptors (Lipinski definition) is 5. The summed E-state index contributed by atoms with van der Waals surface area (Å²) in [5.74, 6) is 1.05. The minimum Gasteiger partial charge on any atom is -0.472 e. The zero-order valence-electron chi connectivity index (χ0n) is 9.79. The second kappa shape index (κ2) is 5.07. The number of carbonyl (C=O) groups is 1. The van der Waals surface area contributed by atoms with E-state index in [1.165, 1.54) is 12.5 Å². The third-order valence-corrected chi connectivity index (χ3v) is 3.34. The van der Waals surface area contributed by atoms with Crippen molar-refractivity contribution in [1.82, 2.24) is 20.5 Å². The van der Waals surface area contributed by atoms with Crippen molar-refractivity contribution in [2.24, 2.45) is 0 Å². The molecule has 0 bridgehead atoms. The Morgan fingerprint density at radius 2 is 2.42 bits per heavy atom. The number of aromatic amines is 1. The van der Waals surface area contributed by atoms with Gasteiger partial charge in [0.25, 0.3) is 5.91 Å². The van der Waals surface area contributed by atoms with Crippen LogP contribution in [0.4, 0.5) is 0 Å². The summed E-state index contributed by atoms with van der Waals surface area (Å²) in [6, 6.07) is 5.49. The van der Waals surface area contributed by atoms with Crippen molar-refractivity contribution < 1.29 is 9.21 Å². The smallest absolute Gasteiger partial charge is 0.254 e. The van der Waals surface area contributed by atoms with E-state index >= 15 is 0 Å². The number of thiophene rings is 1. The molecule has 0 atom stereocenters. The highest BCUT2D eigenvalue weighted by molar-refractivity contribution is 7.13. The van der Waals surface area contributed by atoms with Gasteiger partial charge in [0.15, 0.2) is 5.82 Å². The van der Waals surface area contributed by atoms with Crippen LogP contribution in [0.2, 0.25) is 0 Å². The van der Waals surface area contributed by atoms with Crippen LogP contribution in [0.1, 0.15) is 16.2 Å². The van der Waals surface area contributed by atoms with E-state index in [0.717, 1.165) is 4.88 Å². The summed E-state index contributed by atoms with van der Waals surface area (Å²) in [6.45, 7) is 0.294. The van der Waals surface area contributed by atoms with Crippen LogP contribution in [0.25, 0.3) is 10.7 Å². The number of rotatable bonds is 4. The first kappa shape index (κ1) is 11.7. The average Bonchev–Trinajstić information content (AvgIpc) is 3.14. The van der Waals surface area contributed by atoms with Gasteiger partial charge in [0.1, 0.15) is 12.1 Å². The summed E-state index contributed by atoms with van der Waals surface area (Å²) in [5, 5.41) is 11.6. The Morgan fingerprint density at radius 3 is 3.16 bits per heavy atom. The van der Waals surface area contributed by atoms with Gasteiger partial charge in [-0.2, -0.15) is 5.10 Å². The van der Waals surface area contributed by atoms with Gasteiger partial charge in [-0.3, -0.25) is 9.89 Å². The summed E-state index contributed by atoms with van der Waals surface area (Å²) in [7, 11) is 0. The zero-order valence-corrected chi connectivity index (χ0v) is 10.6. The summed E-state index contributed by atoms with van der Waals surface area (Å²) in [5.41, 5.74) is 0.484. The topological polar surface area (TPSA) is 83.8 Å². The molecule has 2 N–H and O–H groups in total. The van der Waals surface area contributed by atoms with E-state index in [4.69, 9.17) is 4.42 Å². The Morgan fingerprint density at radius 1 is 1.47 bits per heavy atom. The fraction of sp³-hybridized carbons (Fsp3) is 0.0833. The predicted octanol–water partition coefficient (Wildman–Crippen LogP) is 2.06. The van der Waals surface area contributed by atoms with Crippen molar-refractivity contribution in [2.75, 3.05) is 0 Å². The Labute approximate surface area is 112 Å². The minimum absolute atomic E-state index is 0.206. The van der Waals surface area contributed by atoms with E-state index < -0.39 is 0 Å². The van der Waals surface area contributed by atoms with Gasteiger partial charge in [-0.05, 0) is 17.5 Å². The van der Waals surface area contributed by atoms with Crippen molar-refractivity contribution in [1.29, 1.82) is 0 Å². The molecular weight excluding hydrogens is 264 g/mol. The molecule has 0 spiro atoms. The third-order valence-electron chi connectivity index (χ3n) is 2.47. The molecule has 96 valence electrons. The van der Waals surface area contributed by atoms with Gasteiger partial charge in [-0.15, -0.1) is 11.3 Å². The molecule has 19 heavy (non-hydrogen) atoms. The van der Waals surface area contributed by atoms with Crippen molar-refractivity contribution in [3.63, 3.8) is 0 Å². The molecule has 3 heterocycles. The van der Waals surface area contributed by atoms with Gasteiger partial charge in [-0.25, -0.2) is 4.98 Å². The number of nitrogens with one attached hydrogen (secondary N) is 2. The van der Waals surface area contributed by atoms with Gasteiger partial charge in [0, 0.05) is 0 Å². The number of nitrogens with zero attached hydrogens (tertiary/aromatic N) is 2. The molecule has 1 amide bonds. The maximum absolute atomic E-state index is 11.7. The second-order valence-electron chi connectivity index (χ2n) is 3.78. The average molecular weight is 274 g/mol. The predicted molar refractivity (Wildman–Crippen MR) is 69.6 cm³/mol. The second-order valence-corrected chi connectivity index (χ2v) is 4.73. The first-order valence-corrected chi connectivity index (χ1v) is 6.46. The molecule has 3 rings (SSSR count). The van der Waals surface area contributed by atoms with Crippen LogP contribution in [0.15, 0.2) is 40.5 Å². The Bertz CT molecular complexity index is 658. The lowest BCUT2D eigenvalue weighted by Crippen LogP contribution is -2.22. The fourth-order valence-corrected chi connectivity index (χ4v) is 2.21. The molecule has 0 fully saturated rings. The van der Waals surface area contributed by atoms with Crippen LogP contribution in [-0.4, -0.2) is 21.1 Å². The Balaban J connectivity index is 1.63. The van der Waals surface area contributed by atoms with Gasteiger partial charge in [0.2, 0.25) is 0 Å². The zero-order chi connectivity index (χ0) is 13.1. The number of carbonyl (C=O) groups excluding carboxylic acids is 1. The molecule has 6 nitrogen and oxygen atoms in total. The maximum Gasteiger partial charge on any atom is 0.254 e. The van der Waals surface area contributed by atoms with Crippen LogP contribution in [0.5, 0.6) is 0 Å². The minimum atomic E-state index is -0.206. The van der Waals surface area contributed by atoms with E-state index in [1.54, 1.807) is 17.4 Å². The molecule has 3 aromatic heterocycles. The molecule has 7 heteroatoms. The largest absolute Gasteiger partial charge is 0.472 e. The van der Waals surface area contributed by atoms with Crippen LogP contribution in [-0.2, 0) is 6.54 Å². The van der Waals surface area contributed by atoms with E-state index in [9.17, 15) is 4.79 Å². The summed E-state index contributed by atoms with van der Waals surface area (Å²) in [4.78, 5) is 17.0. The lowest BCUT2D eigenvalue weighted by atomic mass is 10.3. The van der Waals surface area contributed by atoms with Crippen LogP contribution >= 0.6 is 11.3 Å². The van der Waals surface area contributed by atoms with Gasteiger partial charge in [-0.1, -0.05) is 6.07 Å². The Kier molecular flexibility index (Phi) is 3.11. The highest BCUT2D eigenvalue weighted by atomic mass is 32.1. The molecule has 0 saturated heterocycles. The fourth-order valence-electron chi connectivity index (χ4n) is 1.55. The molecular formula is C12H10N4O2S. The van der Waals surface area contributed by atoms with Crippen LogP contribution < -0.4 is 5.32 Å². The maximum atomic E-state index is 11.7. The van der Waals surface area contributed by atoms with Crippen molar-refractivity contribution in [3.05, 3.63) is 47.5 Å². The SMILES string of the molecule is O=C(NCc1nc(-c2cccs2)n[nH]1)c1ccoc1. The molecule has 0 aromatic carbocycles. The van der Waals surface area contributed by atoms with E-state index in [-0.39, 0.29) is 5.91 Å². The normalized spacial score (nSPS) is 10.5. The molecule has 0 saturated carbocycles. The lowest BCUT2D eigenvalue weighted by molar-refractivity contribution is 0.0949. The summed E-state index contributed by atoms with van der Waals surface area (Å²) >= 11 is 1.57. The van der Waals surface area contributed by atoms with Crippen molar-refractivity contribution in [3.8, 4) is 10.7 Å². The third kappa shape index (κ3) is 2.55.